The molecule has 0 saturated carbocycles. The lowest BCUT2D eigenvalue weighted by Crippen LogP contribution is -2.03. The lowest BCUT2D eigenvalue weighted by Gasteiger charge is -2.12. The van der Waals surface area contributed by atoms with Crippen molar-refractivity contribution < 1.29 is 4.52 Å². The van der Waals surface area contributed by atoms with Crippen molar-refractivity contribution >= 4 is 27.5 Å². The highest BCUT2D eigenvalue weighted by molar-refractivity contribution is 9.10. The topological polar surface area (TPSA) is 26.0 Å². The molecule has 0 bridgehead atoms. The third-order valence-corrected chi connectivity index (χ3v) is 5.41. The quantitative estimate of drug-likeness (QED) is 0.436. The first-order valence-electron chi connectivity index (χ1n) is 8.49. The molecule has 0 aliphatic rings. The van der Waals surface area contributed by atoms with Crippen LogP contribution in [0.1, 0.15) is 30.2 Å². The Morgan fingerprint density at radius 2 is 1.84 bits per heavy atom. The van der Waals surface area contributed by atoms with Crippen molar-refractivity contribution in [2.45, 2.75) is 33.1 Å². The Hall–Kier alpha value is -1.58. The fraction of sp³-hybridized carbons (Fsp3) is 0.286. The second-order valence-electron chi connectivity index (χ2n) is 6.52. The van der Waals surface area contributed by atoms with Crippen molar-refractivity contribution in [1.29, 1.82) is 0 Å². The van der Waals surface area contributed by atoms with E-state index in [4.69, 9.17) is 16.1 Å². The van der Waals surface area contributed by atoms with E-state index in [0.717, 1.165) is 45.8 Å². The van der Waals surface area contributed by atoms with E-state index in [0.29, 0.717) is 5.92 Å². The summed E-state index contributed by atoms with van der Waals surface area (Å²) in [6.45, 7) is 4.29. The third kappa shape index (κ3) is 4.53. The van der Waals surface area contributed by atoms with E-state index in [9.17, 15) is 0 Å². The number of rotatable bonds is 6. The molecule has 1 unspecified atom stereocenters. The molecule has 2 nitrogen and oxygen atoms in total. The van der Waals surface area contributed by atoms with E-state index in [2.05, 4.69) is 46.2 Å². The SMILES string of the molecule is Cc1noc(-c2ccc(Br)cc2)c1CC(C)CCc1ccccc1Cl. The van der Waals surface area contributed by atoms with Crippen LogP contribution < -0.4 is 0 Å². The van der Waals surface area contributed by atoms with Crippen LogP contribution in [0.2, 0.25) is 5.02 Å². The molecule has 1 heterocycles. The number of aromatic nitrogens is 1. The first-order chi connectivity index (χ1) is 12.0. The predicted octanol–water partition coefficient (Wildman–Crippen LogP) is 6.88. The molecular formula is C21H21BrClNO. The molecule has 3 rings (SSSR count). The van der Waals surface area contributed by atoms with E-state index in [-0.39, 0.29) is 0 Å². The van der Waals surface area contributed by atoms with Crippen LogP contribution in [0.5, 0.6) is 0 Å². The van der Waals surface area contributed by atoms with Crippen molar-refractivity contribution in [2.24, 2.45) is 5.92 Å². The van der Waals surface area contributed by atoms with E-state index >= 15 is 0 Å². The predicted molar refractivity (Wildman–Crippen MR) is 107 cm³/mol. The fourth-order valence-electron chi connectivity index (χ4n) is 3.01. The average Bonchev–Trinajstić information content (AvgIpc) is 2.96. The van der Waals surface area contributed by atoms with Gasteiger partial charge in [0.05, 0.1) is 5.69 Å². The van der Waals surface area contributed by atoms with Crippen LogP contribution in [0.4, 0.5) is 0 Å². The number of hydrogen-bond acceptors (Lipinski definition) is 2. The second kappa shape index (κ2) is 8.20. The lowest BCUT2D eigenvalue weighted by atomic mass is 9.92. The van der Waals surface area contributed by atoms with Gasteiger partial charge in [-0.15, -0.1) is 0 Å². The van der Waals surface area contributed by atoms with Crippen LogP contribution in [-0.2, 0) is 12.8 Å². The van der Waals surface area contributed by atoms with Crippen LogP contribution in [-0.4, -0.2) is 5.16 Å². The Labute approximate surface area is 162 Å². The van der Waals surface area contributed by atoms with Crippen LogP contribution in [0, 0.1) is 12.8 Å². The van der Waals surface area contributed by atoms with Gasteiger partial charge in [-0.2, -0.15) is 0 Å². The molecule has 1 atom stereocenters. The van der Waals surface area contributed by atoms with Crippen molar-refractivity contribution in [2.75, 3.05) is 0 Å². The zero-order valence-electron chi connectivity index (χ0n) is 14.4. The maximum absolute atomic E-state index is 6.26. The maximum atomic E-state index is 6.26. The number of hydrogen-bond donors (Lipinski definition) is 0. The molecule has 0 radical (unpaired) electrons. The molecule has 0 amide bonds. The minimum Gasteiger partial charge on any atom is -0.356 e. The van der Waals surface area contributed by atoms with Crippen LogP contribution in [0.25, 0.3) is 11.3 Å². The first kappa shape index (κ1) is 18.2. The molecule has 4 heteroatoms. The highest BCUT2D eigenvalue weighted by Crippen LogP contribution is 2.30. The molecule has 0 N–H and O–H groups in total. The van der Waals surface area contributed by atoms with Gasteiger partial charge in [-0.25, -0.2) is 0 Å². The molecule has 3 aromatic rings. The molecular weight excluding hydrogens is 398 g/mol. The lowest BCUT2D eigenvalue weighted by molar-refractivity contribution is 0.426. The van der Waals surface area contributed by atoms with E-state index in [1.165, 1.54) is 11.1 Å². The van der Waals surface area contributed by atoms with Crippen LogP contribution >= 0.6 is 27.5 Å². The number of nitrogens with zero attached hydrogens (tertiary/aromatic N) is 1. The van der Waals surface area contributed by atoms with E-state index in [1.807, 2.05) is 37.3 Å². The first-order valence-corrected chi connectivity index (χ1v) is 9.66. The van der Waals surface area contributed by atoms with Crippen molar-refractivity contribution in [3.05, 3.63) is 74.8 Å². The smallest absolute Gasteiger partial charge is 0.170 e. The average molecular weight is 419 g/mol. The Kier molecular flexibility index (Phi) is 5.98. The maximum Gasteiger partial charge on any atom is 0.170 e. The standard InChI is InChI=1S/C21H21BrClNO/c1-14(7-8-16-5-3-4-6-20(16)23)13-19-15(2)24-25-21(19)17-9-11-18(22)12-10-17/h3-6,9-12,14H,7-8,13H2,1-2H3. The Morgan fingerprint density at radius 1 is 1.12 bits per heavy atom. The molecule has 0 fully saturated rings. The number of benzene rings is 2. The molecule has 0 aliphatic heterocycles. The Balaban J connectivity index is 1.71. The summed E-state index contributed by atoms with van der Waals surface area (Å²) in [7, 11) is 0. The molecule has 130 valence electrons. The summed E-state index contributed by atoms with van der Waals surface area (Å²) in [5, 5.41) is 5.05. The Bertz CT molecular complexity index is 841. The summed E-state index contributed by atoms with van der Waals surface area (Å²) in [6.07, 6.45) is 3.01. The van der Waals surface area contributed by atoms with Crippen molar-refractivity contribution in [3.63, 3.8) is 0 Å². The molecule has 2 aromatic carbocycles. The zero-order valence-corrected chi connectivity index (χ0v) is 16.8. The van der Waals surface area contributed by atoms with Crippen LogP contribution in [0.15, 0.2) is 57.5 Å². The number of halogens is 2. The molecule has 0 spiro atoms. The third-order valence-electron chi connectivity index (χ3n) is 4.51. The summed E-state index contributed by atoms with van der Waals surface area (Å²) in [5.74, 6) is 1.40. The van der Waals surface area contributed by atoms with Gasteiger partial charge < -0.3 is 4.52 Å². The van der Waals surface area contributed by atoms with Gasteiger partial charge in [-0.3, -0.25) is 0 Å². The molecule has 1 aromatic heterocycles. The highest BCUT2D eigenvalue weighted by Gasteiger charge is 2.17. The zero-order chi connectivity index (χ0) is 17.8. The van der Waals surface area contributed by atoms with E-state index < -0.39 is 0 Å². The summed E-state index contributed by atoms with van der Waals surface area (Å²) >= 11 is 9.74. The monoisotopic (exact) mass is 417 g/mol. The number of aryl methyl sites for hydroxylation is 2. The van der Waals surface area contributed by atoms with Gasteiger partial charge >= 0.3 is 0 Å². The Morgan fingerprint density at radius 3 is 2.56 bits per heavy atom. The minimum atomic E-state index is 0.517. The molecule has 0 saturated heterocycles. The van der Waals surface area contributed by atoms with Crippen molar-refractivity contribution in [1.82, 2.24) is 5.16 Å². The molecule has 0 aliphatic carbocycles. The summed E-state index contributed by atoms with van der Waals surface area (Å²) in [6, 6.07) is 16.2. The normalized spacial score (nSPS) is 12.3. The fourth-order valence-corrected chi connectivity index (χ4v) is 3.51. The molecule has 25 heavy (non-hydrogen) atoms. The van der Waals surface area contributed by atoms with Gasteiger partial charge in [-0.1, -0.05) is 69.9 Å². The van der Waals surface area contributed by atoms with Crippen LogP contribution in [0.3, 0.4) is 0 Å². The van der Waals surface area contributed by atoms with Gasteiger partial charge in [0.2, 0.25) is 0 Å². The summed E-state index contributed by atoms with van der Waals surface area (Å²) in [4.78, 5) is 0. The summed E-state index contributed by atoms with van der Waals surface area (Å²) < 4.78 is 6.68. The summed E-state index contributed by atoms with van der Waals surface area (Å²) in [5.41, 5.74) is 4.46. The highest BCUT2D eigenvalue weighted by atomic mass is 79.9. The van der Waals surface area contributed by atoms with Gasteiger partial charge in [-0.05, 0) is 55.9 Å². The van der Waals surface area contributed by atoms with Gasteiger partial charge in [0.15, 0.2) is 5.76 Å². The minimum absolute atomic E-state index is 0.517. The second-order valence-corrected chi connectivity index (χ2v) is 7.84. The largest absolute Gasteiger partial charge is 0.356 e. The van der Waals surface area contributed by atoms with Crippen molar-refractivity contribution in [3.8, 4) is 11.3 Å². The van der Waals surface area contributed by atoms with Gasteiger partial charge in [0.1, 0.15) is 0 Å². The van der Waals surface area contributed by atoms with E-state index in [1.54, 1.807) is 0 Å². The van der Waals surface area contributed by atoms with Gasteiger partial charge in [0.25, 0.3) is 0 Å². The van der Waals surface area contributed by atoms with Gasteiger partial charge in [0, 0.05) is 20.6 Å².